The summed E-state index contributed by atoms with van der Waals surface area (Å²) in [6, 6.07) is 9.22. The Bertz CT molecular complexity index is 1630. The minimum absolute atomic E-state index is 0.0605. The second-order valence-electron chi connectivity index (χ2n) is 9.58. The predicted octanol–water partition coefficient (Wildman–Crippen LogP) is 5.64. The lowest BCUT2D eigenvalue weighted by atomic mass is 10.0. The van der Waals surface area contributed by atoms with E-state index in [1.165, 1.54) is 18.3 Å². The number of benzene rings is 1. The van der Waals surface area contributed by atoms with Gasteiger partial charge in [0.1, 0.15) is 5.52 Å². The van der Waals surface area contributed by atoms with Crippen LogP contribution in [0, 0.1) is 18.8 Å². The Kier molecular flexibility index (Phi) is 7.67. The van der Waals surface area contributed by atoms with Crippen molar-refractivity contribution in [2.45, 2.75) is 32.5 Å². The average Bonchev–Trinajstić information content (AvgIpc) is 3.45. The van der Waals surface area contributed by atoms with Crippen LogP contribution in [0.4, 0.5) is 24.7 Å². The molecular formula is C30H27F3N6O. The standard InChI is InChI=1S/C30H27F3N6O/c1-19-20(7-8-21-16-37-28(34-2)27-25(21)6-5-11-35-27)14-23(17-36-19)29(40)38-24-10-9-22(18-39-12-3-4-13-39)26(15-24)30(31,32)33/h5-6,9-11,14-17H,3-4,12-13,18H2,1-2H3,(H,34,37)(H,38,40). The Balaban J connectivity index is 1.39. The Hall–Kier alpha value is -4.49. The van der Waals surface area contributed by atoms with Crippen LogP contribution in [0.1, 0.15) is 51.1 Å². The molecule has 0 atom stereocenters. The number of aryl methyl sites for hydroxylation is 1. The molecule has 1 saturated heterocycles. The smallest absolute Gasteiger partial charge is 0.371 e. The van der Waals surface area contributed by atoms with Crippen LogP contribution in [0.2, 0.25) is 0 Å². The molecule has 1 fully saturated rings. The number of amides is 1. The van der Waals surface area contributed by atoms with Gasteiger partial charge >= 0.3 is 6.18 Å². The third-order valence-electron chi connectivity index (χ3n) is 6.83. The van der Waals surface area contributed by atoms with E-state index in [1.54, 1.807) is 32.4 Å². The second-order valence-corrected chi connectivity index (χ2v) is 9.58. The summed E-state index contributed by atoms with van der Waals surface area (Å²) in [5.41, 5.74) is 2.16. The van der Waals surface area contributed by atoms with E-state index in [9.17, 15) is 18.0 Å². The summed E-state index contributed by atoms with van der Waals surface area (Å²) in [6.07, 6.45) is 2.14. The summed E-state index contributed by atoms with van der Waals surface area (Å²) in [4.78, 5) is 28.1. The highest BCUT2D eigenvalue weighted by atomic mass is 19.4. The number of nitrogens with one attached hydrogen (secondary N) is 2. The van der Waals surface area contributed by atoms with Crippen molar-refractivity contribution in [2.75, 3.05) is 30.8 Å². The Labute approximate surface area is 229 Å². The number of anilines is 2. The quantitative estimate of drug-likeness (QED) is 0.317. The van der Waals surface area contributed by atoms with E-state index in [-0.39, 0.29) is 23.4 Å². The number of carbonyl (C=O) groups is 1. The molecule has 0 aliphatic carbocycles. The molecule has 1 aromatic carbocycles. The Morgan fingerprint density at radius 2 is 1.80 bits per heavy atom. The van der Waals surface area contributed by atoms with Crippen molar-refractivity contribution in [1.29, 1.82) is 0 Å². The molecule has 204 valence electrons. The van der Waals surface area contributed by atoms with Gasteiger partial charge in [-0.2, -0.15) is 13.2 Å². The summed E-state index contributed by atoms with van der Waals surface area (Å²) in [7, 11) is 1.76. The van der Waals surface area contributed by atoms with E-state index in [1.807, 2.05) is 17.0 Å². The van der Waals surface area contributed by atoms with Crippen LogP contribution in [-0.2, 0) is 12.7 Å². The minimum atomic E-state index is -4.54. The molecule has 1 amide bonds. The van der Waals surface area contributed by atoms with E-state index >= 15 is 0 Å². The summed E-state index contributed by atoms with van der Waals surface area (Å²) in [6.45, 7) is 3.56. The van der Waals surface area contributed by atoms with Crippen molar-refractivity contribution in [1.82, 2.24) is 19.9 Å². The molecule has 40 heavy (non-hydrogen) atoms. The fourth-order valence-electron chi connectivity index (χ4n) is 4.71. The molecule has 1 aliphatic heterocycles. The van der Waals surface area contributed by atoms with Crippen LogP contribution in [0.5, 0.6) is 0 Å². The molecule has 0 saturated carbocycles. The number of hydrogen-bond acceptors (Lipinski definition) is 6. The molecule has 3 aromatic heterocycles. The van der Waals surface area contributed by atoms with Gasteiger partial charge < -0.3 is 10.6 Å². The van der Waals surface area contributed by atoms with E-state index < -0.39 is 17.6 Å². The van der Waals surface area contributed by atoms with Crippen molar-refractivity contribution >= 4 is 28.3 Å². The fourth-order valence-corrected chi connectivity index (χ4v) is 4.71. The number of aromatic nitrogens is 3. The summed E-state index contributed by atoms with van der Waals surface area (Å²) >= 11 is 0. The van der Waals surface area contributed by atoms with Gasteiger partial charge in [0.05, 0.1) is 22.4 Å². The van der Waals surface area contributed by atoms with Crippen LogP contribution < -0.4 is 10.6 Å². The maximum atomic E-state index is 13.9. The average molecular weight is 545 g/mol. The van der Waals surface area contributed by atoms with Gasteiger partial charge in [0.25, 0.3) is 5.91 Å². The first-order valence-electron chi connectivity index (χ1n) is 12.9. The van der Waals surface area contributed by atoms with Gasteiger partial charge in [-0.05, 0) is 68.8 Å². The lowest BCUT2D eigenvalue weighted by Crippen LogP contribution is -2.21. The topological polar surface area (TPSA) is 83.0 Å². The molecule has 0 spiro atoms. The SMILES string of the molecule is CNc1ncc(C#Cc2cc(C(=O)Nc3ccc(CN4CCCC4)c(C(F)(F)F)c3)cnc2C)c2cccnc12. The number of halogens is 3. The van der Waals surface area contributed by atoms with E-state index in [4.69, 9.17) is 0 Å². The molecule has 4 heterocycles. The predicted molar refractivity (Wildman–Crippen MR) is 148 cm³/mol. The second kappa shape index (κ2) is 11.3. The molecule has 0 bridgehead atoms. The highest BCUT2D eigenvalue weighted by Gasteiger charge is 2.34. The lowest BCUT2D eigenvalue weighted by Gasteiger charge is -2.20. The van der Waals surface area contributed by atoms with Gasteiger partial charge in [-0.25, -0.2) is 4.98 Å². The summed E-state index contributed by atoms with van der Waals surface area (Å²) < 4.78 is 41.6. The first kappa shape index (κ1) is 27.1. The molecular weight excluding hydrogens is 517 g/mol. The van der Waals surface area contributed by atoms with Gasteiger partial charge in [0, 0.05) is 48.8 Å². The highest BCUT2D eigenvalue weighted by Crippen LogP contribution is 2.35. The van der Waals surface area contributed by atoms with Gasteiger partial charge in [0.15, 0.2) is 5.82 Å². The van der Waals surface area contributed by atoms with E-state index in [0.29, 0.717) is 28.2 Å². The molecule has 2 N–H and O–H groups in total. The van der Waals surface area contributed by atoms with Crippen LogP contribution >= 0.6 is 0 Å². The number of fused-ring (bicyclic) bond motifs is 1. The third kappa shape index (κ3) is 5.90. The van der Waals surface area contributed by atoms with Crippen molar-refractivity contribution in [3.05, 3.63) is 88.5 Å². The molecule has 7 nitrogen and oxygen atoms in total. The third-order valence-corrected chi connectivity index (χ3v) is 6.83. The van der Waals surface area contributed by atoms with Crippen molar-refractivity contribution in [3.8, 4) is 11.8 Å². The summed E-state index contributed by atoms with van der Waals surface area (Å²) in [5.74, 6) is 6.20. The van der Waals surface area contributed by atoms with E-state index in [2.05, 4.69) is 37.4 Å². The zero-order valence-corrected chi connectivity index (χ0v) is 22.1. The number of hydrogen-bond donors (Lipinski definition) is 2. The number of pyridine rings is 3. The van der Waals surface area contributed by atoms with Crippen LogP contribution in [0.3, 0.4) is 0 Å². The van der Waals surface area contributed by atoms with E-state index in [0.717, 1.165) is 37.4 Å². The minimum Gasteiger partial charge on any atom is -0.371 e. The number of likely N-dealkylation sites (tertiary alicyclic amines) is 1. The van der Waals surface area contributed by atoms with Gasteiger partial charge in [-0.3, -0.25) is 19.7 Å². The van der Waals surface area contributed by atoms with Gasteiger partial charge in [0.2, 0.25) is 0 Å². The van der Waals surface area contributed by atoms with Crippen LogP contribution in [-0.4, -0.2) is 45.9 Å². The highest BCUT2D eigenvalue weighted by molar-refractivity contribution is 6.04. The molecule has 0 radical (unpaired) electrons. The maximum absolute atomic E-state index is 13.9. The van der Waals surface area contributed by atoms with Crippen molar-refractivity contribution in [3.63, 3.8) is 0 Å². The molecule has 0 unspecified atom stereocenters. The largest absolute Gasteiger partial charge is 0.416 e. The molecule has 1 aliphatic rings. The number of carbonyl (C=O) groups excluding carboxylic acids is 1. The molecule has 10 heteroatoms. The monoisotopic (exact) mass is 544 g/mol. The zero-order chi connectivity index (χ0) is 28.3. The summed E-state index contributed by atoms with van der Waals surface area (Å²) in [5, 5.41) is 6.41. The Morgan fingerprint density at radius 3 is 2.55 bits per heavy atom. The maximum Gasteiger partial charge on any atom is 0.416 e. The molecule has 4 aromatic rings. The normalized spacial score (nSPS) is 13.6. The first-order chi connectivity index (χ1) is 19.2. The van der Waals surface area contributed by atoms with Crippen LogP contribution in [0.25, 0.3) is 10.9 Å². The van der Waals surface area contributed by atoms with Gasteiger partial charge in [-0.15, -0.1) is 0 Å². The van der Waals surface area contributed by atoms with Crippen molar-refractivity contribution < 1.29 is 18.0 Å². The fraction of sp³-hybridized carbons (Fsp3) is 0.267. The number of rotatable bonds is 5. The first-order valence-corrected chi connectivity index (χ1v) is 12.9. The zero-order valence-electron chi connectivity index (χ0n) is 22.1. The van der Waals surface area contributed by atoms with Crippen LogP contribution in [0.15, 0.2) is 55.0 Å². The van der Waals surface area contributed by atoms with Crippen molar-refractivity contribution in [2.24, 2.45) is 0 Å². The molecule has 5 rings (SSSR count). The number of nitrogens with zero attached hydrogens (tertiary/aromatic N) is 4. The number of alkyl halides is 3. The Morgan fingerprint density at radius 1 is 1.02 bits per heavy atom. The van der Waals surface area contributed by atoms with Gasteiger partial charge in [-0.1, -0.05) is 17.9 Å². The lowest BCUT2D eigenvalue weighted by molar-refractivity contribution is -0.138.